The summed E-state index contributed by atoms with van der Waals surface area (Å²) in [5.41, 5.74) is 3.66. The van der Waals surface area contributed by atoms with Gasteiger partial charge in [-0.05, 0) is 62.4 Å². The number of aromatic nitrogens is 4. The van der Waals surface area contributed by atoms with Crippen molar-refractivity contribution in [3.05, 3.63) is 117 Å². The van der Waals surface area contributed by atoms with Crippen molar-refractivity contribution in [2.75, 3.05) is 0 Å². The van der Waals surface area contributed by atoms with Gasteiger partial charge in [-0.25, -0.2) is 9.36 Å². The maximum absolute atomic E-state index is 12.8. The van der Waals surface area contributed by atoms with Crippen LogP contribution in [0.3, 0.4) is 0 Å². The third-order valence-corrected chi connectivity index (χ3v) is 5.49. The first-order valence-electron chi connectivity index (χ1n) is 11.2. The Hall–Kier alpha value is -5.12. The highest BCUT2D eigenvalue weighted by atomic mass is 16.1. The monoisotopic (exact) mass is 478 g/mol. The molecule has 0 fully saturated rings. The van der Waals surface area contributed by atoms with E-state index >= 15 is 0 Å². The molecule has 10 heteroatoms. The molecule has 0 spiro atoms. The first-order valence-corrected chi connectivity index (χ1v) is 11.2. The van der Waals surface area contributed by atoms with Crippen LogP contribution in [0.4, 0.5) is 22.7 Å². The normalized spacial score (nSPS) is 11.6. The van der Waals surface area contributed by atoms with E-state index in [0.29, 0.717) is 22.8 Å². The number of nitrogens with one attached hydrogen (secondary N) is 2. The first-order chi connectivity index (χ1) is 17.5. The lowest BCUT2D eigenvalue weighted by Crippen LogP contribution is -2.13. The number of aryl methyl sites for hydroxylation is 2. The maximum Gasteiger partial charge on any atom is 0.299 e. The molecule has 0 saturated carbocycles. The Morgan fingerprint density at radius 2 is 0.889 bits per heavy atom. The van der Waals surface area contributed by atoms with E-state index in [9.17, 15) is 9.59 Å². The van der Waals surface area contributed by atoms with Crippen molar-refractivity contribution in [3.8, 4) is 11.4 Å². The van der Waals surface area contributed by atoms with Crippen LogP contribution in [0.25, 0.3) is 11.4 Å². The summed E-state index contributed by atoms with van der Waals surface area (Å²) >= 11 is 0. The topological polar surface area (TPSA) is 125 Å². The van der Waals surface area contributed by atoms with Gasteiger partial charge < -0.3 is 0 Å². The third kappa shape index (κ3) is 4.47. The van der Waals surface area contributed by atoms with Gasteiger partial charge in [-0.3, -0.25) is 19.8 Å². The second-order valence-corrected chi connectivity index (χ2v) is 8.04. The molecule has 0 atom stereocenters. The Balaban J connectivity index is 1.34. The van der Waals surface area contributed by atoms with E-state index in [-0.39, 0.29) is 22.5 Å². The fourth-order valence-corrected chi connectivity index (χ4v) is 3.63. The molecule has 36 heavy (non-hydrogen) atoms. The van der Waals surface area contributed by atoms with Gasteiger partial charge in [0, 0.05) is 0 Å². The van der Waals surface area contributed by atoms with E-state index in [1.807, 2.05) is 60.7 Å². The number of benzene rings is 3. The summed E-state index contributed by atoms with van der Waals surface area (Å²) in [5, 5.41) is 22.7. The molecule has 0 aliphatic rings. The van der Waals surface area contributed by atoms with Gasteiger partial charge in [-0.15, -0.1) is 10.2 Å². The number of hydrogen-bond acceptors (Lipinski definition) is 6. The van der Waals surface area contributed by atoms with Crippen LogP contribution in [0, 0.1) is 13.8 Å². The van der Waals surface area contributed by atoms with Crippen molar-refractivity contribution in [1.82, 2.24) is 19.6 Å². The fourth-order valence-electron chi connectivity index (χ4n) is 3.63. The number of H-pyrrole nitrogens is 2. The zero-order valence-electron chi connectivity index (χ0n) is 19.6. The zero-order chi connectivity index (χ0) is 25.1. The molecule has 2 aromatic heterocycles. The van der Waals surface area contributed by atoms with Gasteiger partial charge in [-0.2, -0.15) is 10.2 Å². The molecule has 0 saturated heterocycles. The number of hydrogen-bond donors (Lipinski definition) is 2. The van der Waals surface area contributed by atoms with E-state index < -0.39 is 0 Å². The summed E-state index contributed by atoms with van der Waals surface area (Å²) in [4.78, 5) is 25.5. The van der Waals surface area contributed by atoms with Crippen molar-refractivity contribution in [2.45, 2.75) is 13.8 Å². The van der Waals surface area contributed by atoms with E-state index in [1.54, 1.807) is 38.1 Å². The smallest absolute Gasteiger partial charge is 0.293 e. The third-order valence-electron chi connectivity index (χ3n) is 5.49. The van der Waals surface area contributed by atoms with Crippen molar-refractivity contribution in [2.24, 2.45) is 20.5 Å². The number of nitrogens with zero attached hydrogens (tertiary/aromatic N) is 6. The Bertz CT molecular complexity index is 1550. The van der Waals surface area contributed by atoms with Gasteiger partial charge in [0.1, 0.15) is 0 Å². The molecule has 5 aromatic rings. The molecule has 0 unspecified atom stereocenters. The van der Waals surface area contributed by atoms with Gasteiger partial charge >= 0.3 is 0 Å². The Morgan fingerprint density at radius 1 is 0.528 bits per heavy atom. The molecule has 0 bridgehead atoms. The standard InChI is InChI=1S/C26H22N8O2/c1-17-23(25(35)33(31-17)21-9-5-3-6-10-21)29-27-19-13-15-20(16-14-19)28-30-24-18(2)32-34(26(24)36)22-11-7-4-8-12-22/h3-16,31-32H,1-2H3. The fraction of sp³-hybridized carbons (Fsp3) is 0.0769. The summed E-state index contributed by atoms with van der Waals surface area (Å²) < 4.78 is 2.86. The average Bonchev–Trinajstić information content (AvgIpc) is 3.36. The van der Waals surface area contributed by atoms with Crippen molar-refractivity contribution < 1.29 is 0 Å². The minimum atomic E-state index is -0.282. The van der Waals surface area contributed by atoms with E-state index in [2.05, 4.69) is 30.7 Å². The number of para-hydroxylation sites is 2. The highest BCUT2D eigenvalue weighted by Gasteiger charge is 2.13. The van der Waals surface area contributed by atoms with E-state index in [4.69, 9.17) is 0 Å². The molecular weight excluding hydrogens is 456 g/mol. The Kier molecular flexibility index (Phi) is 6.06. The molecule has 2 heterocycles. The Labute approximate surface area is 205 Å². The van der Waals surface area contributed by atoms with Crippen LogP contribution in [-0.4, -0.2) is 19.6 Å². The van der Waals surface area contributed by atoms with Crippen LogP contribution in [0.15, 0.2) is 115 Å². The lowest BCUT2D eigenvalue weighted by Gasteiger charge is -1.99. The predicted octanol–water partition coefficient (Wildman–Crippen LogP) is 6.09. The minimum Gasteiger partial charge on any atom is -0.293 e. The lowest BCUT2D eigenvalue weighted by atomic mass is 10.3. The SMILES string of the molecule is Cc1[nH]n(-c2ccccc2)c(=O)c1N=Nc1ccc(N=Nc2c(C)[nH]n(-c3ccccc3)c2=O)cc1. The number of azo groups is 2. The first kappa shape index (κ1) is 22.7. The molecule has 0 aliphatic carbocycles. The van der Waals surface area contributed by atoms with Gasteiger partial charge in [0.25, 0.3) is 11.1 Å². The summed E-state index contributed by atoms with van der Waals surface area (Å²) in [5.74, 6) is 0. The maximum atomic E-state index is 12.8. The lowest BCUT2D eigenvalue weighted by molar-refractivity contribution is 0.835. The van der Waals surface area contributed by atoms with Crippen molar-refractivity contribution in [3.63, 3.8) is 0 Å². The highest BCUT2D eigenvalue weighted by Crippen LogP contribution is 2.24. The molecular formula is C26H22N8O2. The molecule has 0 radical (unpaired) electrons. The Morgan fingerprint density at radius 3 is 1.25 bits per heavy atom. The summed E-state index contributed by atoms with van der Waals surface area (Å²) in [6.45, 7) is 3.54. The molecule has 0 aliphatic heterocycles. The molecule has 3 aromatic carbocycles. The van der Waals surface area contributed by atoms with Gasteiger partial charge in [0.2, 0.25) is 0 Å². The van der Waals surface area contributed by atoms with Gasteiger partial charge in [0.05, 0.1) is 34.1 Å². The van der Waals surface area contributed by atoms with Crippen LogP contribution < -0.4 is 11.1 Å². The second kappa shape index (κ2) is 9.63. The number of rotatable bonds is 6. The van der Waals surface area contributed by atoms with Gasteiger partial charge in [-0.1, -0.05) is 36.4 Å². The molecule has 178 valence electrons. The van der Waals surface area contributed by atoms with Crippen molar-refractivity contribution >= 4 is 22.7 Å². The van der Waals surface area contributed by atoms with Crippen LogP contribution >= 0.6 is 0 Å². The molecule has 10 nitrogen and oxygen atoms in total. The summed E-state index contributed by atoms with van der Waals surface area (Å²) in [7, 11) is 0. The molecule has 5 rings (SSSR count). The summed E-state index contributed by atoms with van der Waals surface area (Å²) in [6, 6.07) is 25.4. The minimum absolute atomic E-state index is 0.236. The largest absolute Gasteiger partial charge is 0.299 e. The van der Waals surface area contributed by atoms with Crippen LogP contribution in [-0.2, 0) is 0 Å². The molecule has 2 N–H and O–H groups in total. The number of aromatic amines is 2. The van der Waals surface area contributed by atoms with Crippen LogP contribution in [0.5, 0.6) is 0 Å². The predicted molar refractivity (Wildman–Crippen MR) is 137 cm³/mol. The van der Waals surface area contributed by atoms with Crippen LogP contribution in [0.2, 0.25) is 0 Å². The van der Waals surface area contributed by atoms with Crippen molar-refractivity contribution in [1.29, 1.82) is 0 Å². The summed E-state index contributed by atoms with van der Waals surface area (Å²) in [6.07, 6.45) is 0. The van der Waals surface area contributed by atoms with Crippen LogP contribution in [0.1, 0.15) is 11.4 Å². The molecule has 0 amide bonds. The van der Waals surface area contributed by atoms with Gasteiger partial charge in [0.15, 0.2) is 11.4 Å². The quantitative estimate of drug-likeness (QED) is 0.287. The highest BCUT2D eigenvalue weighted by molar-refractivity contribution is 5.49. The van der Waals surface area contributed by atoms with E-state index in [0.717, 1.165) is 11.4 Å². The van der Waals surface area contributed by atoms with E-state index in [1.165, 1.54) is 9.36 Å². The average molecular weight is 479 g/mol. The zero-order valence-corrected chi connectivity index (χ0v) is 19.6. The second-order valence-electron chi connectivity index (χ2n) is 8.04.